The fraction of sp³-hybridized carbons (Fsp3) is 0.867. The van der Waals surface area contributed by atoms with Gasteiger partial charge in [-0.1, -0.05) is 11.8 Å². The van der Waals surface area contributed by atoms with E-state index in [0.717, 1.165) is 41.6 Å². The number of amidine groups is 1. The van der Waals surface area contributed by atoms with Crippen molar-refractivity contribution >= 4 is 22.8 Å². The van der Waals surface area contributed by atoms with Gasteiger partial charge in [0.05, 0.1) is 6.54 Å². The molecule has 4 heteroatoms. The third-order valence-electron chi connectivity index (χ3n) is 5.53. The van der Waals surface area contributed by atoms with Crippen LogP contribution >= 0.6 is 11.8 Å². The largest absolute Gasteiger partial charge is 0.305 e. The minimum atomic E-state index is 0.218. The van der Waals surface area contributed by atoms with Crippen molar-refractivity contribution in [1.82, 2.24) is 5.32 Å². The Labute approximate surface area is 119 Å². The van der Waals surface area contributed by atoms with Crippen molar-refractivity contribution in [2.45, 2.75) is 44.9 Å². The highest BCUT2D eigenvalue weighted by atomic mass is 32.2. The number of amides is 1. The molecule has 4 aliphatic carbocycles. The average molecular weight is 278 g/mol. The van der Waals surface area contributed by atoms with Crippen LogP contribution in [-0.4, -0.2) is 23.4 Å². The zero-order valence-electron chi connectivity index (χ0n) is 11.4. The van der Waals surface area contributed by atoms with Gasteiger partial charge in [0, 0.05) is 12.2 Å². The Bertz CT molecular complexity index is 397. The molecule has 5 aliphatic rings. The molecule has 4 saturated carbocycles. The summed E-state index contributed by atoms with van der Waals surface area (Å²) >= 11 is 1.68. The first-order valence-electron chi connectivity index (χ1n) is 7.68. The second-order valence-corrected chi connectivity index (χ2v) is 8.26. The van der Waals surface area contributed by atoms with Crippen LogP contribution in [0, 0.1) is 23.2 Å². The maximum absolute atomic E-state index is 12.3. The molecule has 3 nitrogen and oxygen atoms in total. The Balaban J connectivity index is 1.43. The average Bonchev–Trinajstić information content (AvgIpc) is 2.78. The summed E-state index contributed by atoms with van der Waals surface area (Å²) in [6.07, 6.45) is 9.02. The molecule has 1 amide bonds. The van der Waals surface area contributed by atoms with E-state index in [1.54, 1.807) is 11.8 Å². The first kappa shape index (κ1) is 12.2. The molecule has 1 N–H and O–H groups in total. The maximum atomic E-state index is 12.3. The minimum Gasteiger partial charge on any atom is -0.305 e. The van der Waals surface area contributed by atoms with Crippen LogP contribution in [0.1, 0.15) is 44.9 Å². The van der Waals surface area contributed by atoms with Gasteiger partial charge in [-0.2, -0.15) is 0 Å². The first-order valence-corrected chi connectivity index (χ1v) is 8.66. The molecule has 0 spiro atoms. The molecule has 4 bridgehead atoms. The van der Waals surface area contributed by atoms with Crippen LogP contribution < -0.4 is 5.32 Å². The van der Waals surface area contributed by atoms with E-state index in [1.807, 2.05) is 0 Å². The summed E-state index contributed by atoms with van der Waals surface area (Å²) in [7, 11) is 0. The lowest BCUT2D eigenvalue weighted by Crippen LogP contribution is -2.48. The molecule has 1 aliphatic heterocycles. The van der Waals surface area contributed by atoms with Crippen LogP contribution in [0.2, 0.25) is 0 Å². The van der Waals surface area contributed by atoms with E-state index in [0.29, 0.717) is 5.41 Å². The molecule has 19 heavy (non-hydrogen) atoms. The summed E-state index contributed by atoms with van der Waals surface area (Å²) < 4.78 is 0. The molecule has 5 rings (SSSR count). The number of nitrogens with zero attached hydrogens (tertiary/aromatic N) is 1. The second kappa shape index (κ2) is 4.51. The van der Waals surface area contributed by atoms with Gasteiger partial charge in [0.25, 0.3) is 0 Å². The van der Waals surface area contributed by atoms with Gasteiger partial charge in [-0.25, -0.2) is 0 Å². The molecular formula is C15H22N2OS. The third kappa shape index (κ3) is 2.32. The zero-order chi connectivity index (χ0) is 12.9. The number of aliphatic imine (C=N–C) groups is 1. The highest BCUT2D eigenvalue weighted by Crippen LogP contribution is 2.61. The molecule has 0 aromatic heterocycles. The molecule has 0 aromatic carbocycles. The van der Waals surface area contributed by atoms with Crippen LogP contribution in [-0.2, 0) is 4.79 Å². The van der Waals surface area contributed by atoms with E-state index in [9.17, 15) is 4.79 Å². The molecule has 0 radical (unpaired) electrons. The minimum absolute atomic E-state index is 0.218. The van der Waals surface area contributed by atoms with Gasteiger partial charge in [0.2, 0.25) is 5.91 Å². The van der Waals surface area contributed by atoms with Gasteiger partial charge < -0.3 is 5.32 Å². The van der Waals surface area contributed by atoms with Crippen LogP contribution in [0.25, 0.3) is 0 Å². The lowest BCUT2D eigenvalue weighted by molar-refractivity contribution is -0.127. The van der Waals surface area contributed by atoms with Crippen LogP contribution in [0.5, 0.6) is 0 Å². The molecule has 104 valence electrons. The molecule has 4 fully saturated rings. The van der Waals surface area contributed by atoms with Crippen molar-refractivity contribution in [3.05, 3.63) is 0 Å². The first-order chi connectivity index (χ1) is 9.21. The van der Waals surface area contributed by atoms with Crippen LogP contribution in [0.3, 0.4) is 0 Å². The quantitative estimate of drug-likeness (QED) is 0.844. The normalized spacial score (nSPS) is 43.4. The predicted molar refractivity (Wildman–Crippen MR) is 78.1 cm³/mol. The number of carbonyl (C=O) groups is 1. The van der Waals surface area contributed by atoms with Crippen LogP contribution in [0.4, 0.5) is 0 Å². The standard InChI is InChI=1S/C15H22N2OS/c18-13(17-14-16-1-2-19-14)9-15-6-10-3-11(7-15)5-12(4-10)8-15/h10-12H,1-9H2,(H,16,17,18). The highest BCUT2D eigenvalue weighted by molar-refractivity contribution is 8.14. The Morgan fingerprint density at radius 1 is 1.21 bits per heavy atom. The summed E-state index contributed by atoms with van der Waals surface area (Å²) in [5.74, 6) is 4.02. The van der Waals surface area contributed by atoms with Crippen molar-refractivity contribution in [3.63, 3.8) is 0 Å². The van der Waals surface area contributed by atoms with Crippen molar-refractivity contribution in [2.75, 3.05) is 12.3 Å². The summed E-state index contributed by atoms with van der Waals surface area (Å²) in [4.78, 5) is 16.6. The topological polar surface area (TPSA) is 41.5 Å². The molecule has 0 atom stereocenters. The Morgan fingerprint density at radius 3 is 2.37 bits per heavy atom. The maximum Gasteiger partial charge on any atom is 0.226 e. The lowest BCUT2D eigenvalue weighted by Gasteiger charge is -2.56. The van der Waals surface area contributed by atoms with Crippen LogP contribution in [0.15, 0.2) is 4.99 Å². The lowest BCUT2D eigenvalue weighted by atomic mass is 9.49. The molecular weight excluding hydrogens is 256 g/mol. The zero-order valence-corrected chi connectivity index (χ0v) is 12.2. The fourth-order valence-electron chi connectivity index (χ4n) is 5.42. The smallest absolute Gasteiger partial charge is 0.226 e. The van der Waals surface area contributed by atoms with E-state index < -0.39 is 0 Å². The van der Waals surface area contributed by atoms with Crippen molar-refractivity contribution in [2.24, 2.45) is 28.2 Å². The Morgan fingerprint density at radius 2 is 1.84 bits per heavy atom. The van der Waals surface area contributed by atoms with Gasteiger partial charge in [0.1, 0.15) is 0 Å². The van der Waals surface area contributed by atoms with E-state index in [4.69, 9.17) is 0 Å². The number of carbonyl (C=O) groups excluding carboxylic acids is 1. The highest BCUT2D eigenvalue weighted by Gasteiger charge is 2.51. The van der Waals surface area contributed by atoms with E-state index in [1.165, 1.54) is 38.5 Å². The number of thioether (sulfide) groups is 1. The summed E-state index contributed by atoms with van der Waals surface area (Å²) in [6, 6.07) is 0. The molecule has 1 heterocycles. The number of rotatable bonds is 2. The Hall–Kier alpha value is -0.510. The number of hydrogen-bond donors (Lipinski definition) is 1. The van der Waals surface area contributed by atoms with Gasteiger partial charge in [-0.3, -0.25) is 9.79 Å². The van der Waals surface area contributed by atoms with Gasteiger partial charge in [-0.15, -0.1) is 0 Å². The summed E-state index contributed by atoms with van der Waals surface area (Å²) in [5, 5.41) is 3.88. The Kier molecular flexibility index (Phi) is 2.90. The van der Waals surface area contributed by atoms with Gasteiger partial charge in [-0.05, 0) is 61.7 Å². The van der Waals surface area contributed by atoms with Gasteiger partial charge in [0.15, 0.2) is 5.17 Å². The third-order valence-corrected chi connectivity index (χ3v) is 6.42. The van der Waals surface area contributed by atoms with E-state index >= 15 is 0 Å². The van der Waals surface area contributed by atoms with Crippen molar-refractivity contribution in [3.8, 4) is 0 Å². The molecule has 0 aromatic rings. The second-order valence-electron chi connectivity index (χ2n) is 7.18. The SMILES string of the molecule is O=C(CC12CC3CC(CC(C3)C1)C2)NC1=NCCS1. The summed E-state index contributed by atoms with van der Waals surface area (Å²) in [5.41, 5.74) is 0.350. The predicted octanol–water partition coefficient (Wildman–Crippen LogP) is 2.81. The monoisotopic (exact) mass is 278 g/mol. The molecule has 0 unspecified atom stereocenters. The van der Waals surface area contributed by atoms with E-state index in [2.05, 4.69) is 10.3 Å². The van der Waals surface area contributed by atoms with E-state index in [-0.39, 0.29) is 5.91 Å². The molecule has 0 saturated heterocycles. The van der Waals surface area contributed by atoms with Gasteiger partial charge >= 0.3 is 0 Å². The summed E-state index contributed by atoms with van der Waals surface area (Å²) in [6.45, 7) is 0.859. The number of nitrogens with one attached hydrogen (secondary N) is 1. The van der Waals surface area contributed by atoms with Crippen molar-refractivity contribution < 1.29 is 4.79 Å². The van der Waals surface area contributed by atoms with Crippen molar-refractivity contribution in [1.29, 1.82) is 0 Å². The fourth-order valence-corrected chi connectivity index (χ4v) is 6.17. The number of hydrogen-bond acceptors (Lipinski definition) is 3.